The lowest BCUT2D eigenvalue weighted by Crippen LogP contribution is -2.45. The highest BCUT2D eigenvalue weighted by Crippen LogP contribution is 2.26. The average molecular weight is 362 g/mol. The summed E-state index contributed by atoms with van der Waals surface area (Å²) in [7, 11) is 2.11. The van der Waals surface area contributed by atoms with E-state index in [0.717, 1.165) is 37.6 Å². The van der Waals surface area contributed by atoms with E-state index in [1.54, 1.807) is 27.7 Å². The van der Waals surface area contributed by atoms with Crippen LogP contribution in [0.1, 0.15) is 27.7 Å². The zero-order valence-corrected chi connectivity index (χ0v) is 16.3. The number of alkyl carbamates (subject to hydrolysis) is 1. The molecule has 1 aliphatic heterocycles. The smallest absolute Gasteiger partial charge is 0.408 e. The number of nitrogens with zero attached hydrogens (tertiary/aromatic N) is 2. The molecule has 1 atom stereocenters. The van der Waals surface area contributed by atoms with Gasteiger partial charge < -0.3 is 25.2 Å². The molecular formula is C19H30N4O3. The number of likely N-dealkylation sites (N-methyl/N-ethyl adjacent to an activating group) is 1. The van der Waals surface area contributed by atoms with E-state index in [9.17, 15) is 9.59 Å². The van der Waals surface area contributed by atoms with Gasteiger partial charge in [-0.05, 0) is 46.9 Å². The minimum absolute atomic E-state index is 0.280. The Bertz CT molecular complexity index is 634. The van der Waals surface area contributed by atoms with E-state index in [0.29, 0.717) is 0 Å². The number of nitrogens with one attached hydrogen (secondary N) is 2. The lowest BCUT2D eigenvalue weighted by molar-refractivity contribution is -0.117. The summed E-state index contributed by atoms with van der Waals surface area (Å²) in [5.41, 5.74) is 1.15. The van der Waals surface area contributed by atoms with Crippen LogP contribution in [0.5, 0.6) is 0 Å². The minimum atomic E-state index is -0.703. The van der Waals surface area contributed by atoms with Crippen molar-refractivity contribution >= 4 is 23.4 Å². The third-order valence-corrected chi connectivity index (χ3v) is 4.13. The van der Waals surface area contributed by atoms with Crippen LogP contribution in [0.3, 0.4) is 0 Å². The summed E-state index contributed by atoms with van der Waals surface area (Å²) in [6.45, 7) is 10.8. The SMILES string of the molecule is CC(NC(=O)OC(C)(C)C)C(=O)Nc1ccccc1N1CCN(C)CC1. The maximum absolute atomic E-state index is 12.5. The fourth-order valence-corrected chi connectivity index (χ4v) is 2.69. The first-order valence-electron chi connectivity index (χ1n) is 8.98. The van der Waals surface area contributed by atoms with Crippen LogP contribution in [0.4, 0.5) is 16.2 Å². The number of ether oxygens (including phenoxy) is 1. The maximum Gasteiger partial charge on any atom is 0.408 e. The molecule has 1 aromatic carbocycles. The third-order valence-electron chi connectivity index (χ3n) is 4.13. The van der Waals surface area contributed by atoms with Crippen molar-refractivity contribution in [2.24, 2.45) is 0 Å². The van der Waals surface area contributed by atoms with Gasteiger partial charge in [0.1, 0.15) is 11.6 Å². The van der Waals surface area contributed by atoms with Crippen LogP contribution < -0.4 is 15.5 Å². The van der Waals surface area contributed by atoms with Gasteiger partial charge in [0, 0.05) is 26.2 Å². The number of para-hydroxylation sites is 2. The van der Waals surface area contributed by atoms with Gasteiger partial charge in [-0.3, -0.25) is 4.79 Å². The molecule has 26 heavy (non-hydrogen) atoms. The predicted octanol–water partition coefficient (Wildman–Crippen LogP) is 2.29. The first-order valence-corrected chi connectivity index (χ1v) is 8.98. The zero-order chi connectivity index (χ0) is 19.3. The lowest BCUT2D eigenvalue weighted by atomic mass is 10.2. The molecule has 1 heterocycles. The van der Waals surface area contributed by atoms with Gasteiger partial charge >= 0.3 is 6.09 Å². The van der Waals surface area contributed by atoms with Gasteiger partial charge in [0.15, 0.2) is 0 Å². The summed E-state index contributed by atoms with van der Waals surface area (Å²) in [5, 5.41) is 5.49. The molecule has 0 spiro atoms. The quantitative estimate of drug-likeness (QED) is 0.860. The molecule has 7 heteroatoms. The number of rotatable bonds is 4. The topological polar surface area (TPSA) is 73.9 Å². The number of carbonyl (C=O) groups excluding carboxylic acids is 2. The molecule has 144 valence electrons. The normalized spacial score (nSPS) is 16.7. The Morgan fingerprint density at radius 3 is 2.35 bits per heavy atom. The number of piperazine rings is 1. The fourth-order valence-electron chi connectivity index (χ4n) is 2.69. The monoisotopic (exact) mass is 362 g/mol. The van der Waals surface area contributed by atoms with E-state index in [1.807, 2.05) is 24.3 Å². The molecule has 7 nitrogen and oxygen atoms in total. The van der Waals surface area contributed by atoms with Crippen LogP contribution in [0.15, 0.2) is 24.3 Å². The minimum Gasteiger partial charge on any atom is -0.444 e. The highest BCUT2D eigenvalue weighted by Gasteiger charge is 2.23. The zero-order valence-electron chi connectivity index (χ0n) is 16.3. The molecule has 1 aromatic rings. The van der Waals surface area contributed by atoms with E-state index in [4.69, 9.17) is 4.74 Å². The molecule has 0 aromatic heterocycles. The summed E-state index contributed by atoms with van der Waals surface area (Å²) in [6, 6.07) is 7.04. The first kappa shape index (κ1) is 20.0. The largest absolute Gasteiger partial charge is 0.444 e. The van der Waals surface area contributed by atoms with Crippen molar-refractivity contribution in [3.63, 3.8) is 0 Å². The second-order valence-corrected chi connectivity index (χ2v) is 7.66. The Labute approximate surface area is 155 Å². The molecule has 0 aliphatic carbocycles. The third kappa shape index (κ3) is 5.91. The molecule has 0 bridgehead atoms. The molecule has 1 unspecified atom stereocenters. The van der Waals surface area contributed by atoms with Crippen molar-refractivity contribution in [1.29, 1.82) is 0 Å². The number of anilines is 2. The molecular weight excluding hydrogens is 332 g/mol. The summed E-state index contributed by atoms with van der Waals surface area (Å²) in [5.74, 6) is -0.280. The van der Waals surface area contributed by atoms with Crippen LogP contribution in [-0.2, 0) is 9.53 Å². The van der Waals surface area contributed by atoms with Gasteiger partial charge in [-0.15, -0.1) is 0 Å². The van der Waals surface area contributed by atoms with Crippen molar-refractivity contribution in [1.82, 2.24) is 10.2 Å². The summed E-state index contributed by atoms with van der Waals surface area (Å²) < 4.78 is 5.19. The predicted molar refractivity (Wildman–Crippen MR) is 104 cm³/mol. The van der Waals surface area contributed by atoms with E-state index in [-0.39, 0.29) is 5.91 Å². The average Bonchev–Trinajstić information content (AvgIpc) is 2.54. The highest BCUT2D eigenvalue weighted by atomic mass is 16.6. The Hall–Kier alpha value is -2.28. The number of hydrogen-bond donors (Lipinski definition) is 2. The van der Waals surface area contributed by atoms with E-state index < -0.39 is 17.7 Å². The van der Waals surface area contributed by atoms with Crippen LogP contribution in [0.2, 0.25) is 0 Å². The van der Waals surface area contributed by atoms with Gasteiger partial charge in [0.2, 0.25) is 5.91 Å². The van der Waals surface area contributed by atoms with Crippen molar-refractivity contribution < 1.29 is 14.3 Å². The summed E-state index contributed by atoms with van der Waals surface area (Å²) >= 11 is 0. The Kier molecular flexibility index (Phi) is 6.47. The second-order valence-electron chi connectivity index (χ2n) is 7.66. The fraction of sp³-hybridized carbons (Fsp3) is 0.579. The maximum atomic E-state index is 12.5. The van der Waals surface area contributed by atoms with Gasteiger partial charge in [-0.2, -0.15) is 0 Å². The molecule has 1 aliphatic rings. The van der Waals surface area contributed by atoms with E-state index in [1.165, 1.54) is 0 Å². The molecule has 2 N–H and O–H groups in total. The standard InChI is InChI=1S/C19H30N4O3/c1-14(20-18(25)26-19(2,3)4)17(24)21-15-8-6-7-9-16(15)23-12-10-22(5)11-13-23/h6-9,14H,10-13H2,1-5H3,(H,20,25)(H,21,24). The van der Waals surface area contributed by atoms with Crippen LogP contribution in [-0.4, -0.2) is 61.8 Å². The molecule has 2 rings (SSSR count). The highest BCUT2D eigenvalue weighted by molar-refractivity contribution is 5.98. The first-order chi connectivity index (χ1) is 12.2. The van der Waals surface area contributed by atoms with Crippen molar-refractivity contribution in [3.05, 3.63) is 24.3 Å². The number of benzene rings is 1. The molecule has 2 amide bonds. The van der Waals surface area contributed by atoms with E-state index in [2.05, 4.69) is 27.5 Å². The Morgan fingerprint density at radius 2 is 1.73 bits per heavy atom. The van der Waals surface area contributed by atoms with Crippen LogP contribution >= 0.6 is 0 Å². The molecule has 1 saturated heterocycles. The Balaban J connectivity index is 1.99. The van der Waals surface area contributed by atoms with Gasteiger partial charge in [-0.1, -0.05) is 12.1 Å². The van der Waals surface area contributed by atoms with Gasteiger partial charge in [0.05, 0.1) is 11.4 Å². The molecule has 0 radical (unpaired) electrons. The lowest BCUT2D eigenvalue weighted by Gasteiger charge is -2.35. The van der Waals surface area contributed by atoms with Crippen molar-refractivity contribution in [3.8, 4) is 0 Å². The van der Waals surface area contributed by atoms with Crippen LogP contribution in [0, 0.1) is 0 Å². The number of amides is 2. The Morgan fingerprint density at radius 1 is 1.12 bits per heavy atom. The van der Waals surface area contributed by atoms with Gasteiger partial charge in [0.25, 0.3) is 0 Å². The van der Waals surface area contributed by atoms with Crippen molar-refractivity contribution in [2.75, 3.05) is 43.4 Å². The summed E-state index contributed by atoms with van der Waals surface area (Å²) in [6.07, 6.45) is -0.604. The number of carbonyl (C=O) groups is 2. The van der Waals surface area contributed by atoms with Gasteiger partial charge in [-0.25, -0.2) is 4.79 Å². The molecule has 0 saturated carbocycles. The second kappa shape index (κ2) is 8.40. The van der Waals surface area contributed by atoms with E-state index >= 15 is 0 Å². The summed E-state index contributed by atoms with van der Waals surface area (Å²) in [4.78, 5) is 28.9. The number of hydrogen-bond acceptors (Lipinski definition) is 5. The van der Waals surface area contributed by atoms with Crippen LogP contribution in [0.25, 0.3) is 0 Å². The molecule has 1 fully saturated rings. The van der Waals surface area contributed by atoms with Crippen molar-refractivity contribution in [2.45, 2.75) is 39.3 Å².